The number of rotatable bonds is 4. The van der Waals surface area contributed by atoms with Crippen LogP contribution in [0.4, 0.5) is 5.82 Å². The van der Waals surface area contributed by atoms with Crippen LogP contribution in [0.25, 0.3) is 16.7 Å². The summed E-state index contributed by atoms with van der Waals surface area (Å²) >= 11 is 3.46. The van der Waals surface area contributed by atoms with Crippen LogP contribution in [-0.4, -0.2) is 25.7 Å². The van der Waals surface area contributed by atoms with E-state index in [2.05, 4.69) is 36.4 Å². The van der Waals surface area contributed by atoms with Gasteiger partial charge >= 0.3 is 0 Å². The van der Waals surface area contributed by atoms with Crippen molar-refractivity contribution in [2.75, 3.05) is 5.32 Å². The SMILES string of the molecule is Cc1cc(NC(=O)Cc2ccc(-n3cnc4cc(Br)ccc43)cc2)[nH]n1. The van der Waals surface area contributed by atoms with Gasteiger partial charge in [-0.1, -0.05) is 28.1 Å². The molecular weight excluding hydrogens is 394 g/mol. The molecule has 2 heterocycles. The first-order chi connectivity index (χ1) is 12.6. The second-order valence-corrected chi connectivity index (χ2v) is 6.98. The van der Waals surface area contributed by atoms with Crippen LogP contribution in [0.2, 0.25) is 0 Å². The molecule has 4 aromatic rings. The summed E-state index contributed by atoms with van der Waals surface area (Å²) in [6, 6.07) is 15.7. The number of benzene rings is 2. The highest BCUT2D eigenvalue weighted by atomic mass is 79.9. The van der Waals surface area contributed by atoms with Crippen molar-refractivity contribution >= 4 is 38.7 Å². The third kappa shape index (κ3) is 3.39. The van der Waals surface area contributed by atoms with Gasteiger partial charge in [-0.2, -0.15) is 5.10 Å². The first-order valence-corrected chi connectivity index (χ1v) is 8.91. The molecule has 0 saturated heterocycles. The summed E-state index contributed by atoms with van der Waals surface area (Å²) in [7, 11) is 0. The topological polar surface area (TPSA) is 75.6 Å². The van der Waals surface area contributed by atoms with Crippen molar-refractivity contribution in [1.29, 1.82) is 0 Å². The van der Waals surface area contributed by atoms with Gasteiger partial charge < -0.3 is 5.32 Å². The van der Waals surface area contributed by atoms with Crippen molar-refractivity contribution in [2.45, 2.75) is 13.3 Å². The molecule has 2 aromatic heterocycles. The third-order valence-electron chi connectivity index (χ3n) is 4.07. The van der Waals surface area contributed by atoms with Crippen LogP contribution in [0.3, 0.4) is 0 Å². The van der Waals surface area contributed by atoms with Gasteiger partial charge in [0.15, 0.2) is 0 Å². The molecule has 2 aromatic carbocycles. The number of carbonyl (C=O) groups excluding carboxylic acids is 1. The highest BCUT2D eigenvalue weighted by molar-refractivity contribution is 9.10. The normalized spacial score (nSPS) is 11.0. The number of nitrogens with one attached hydrogen (secondary N) is 2. The van der Waals surface area contributed by atoms with Crippen molar-refractivity contribution in [2.24, 2.45) is 0 Å². The molecule has 1 amide bonds. The Labute approximate surface area is 158 Å². The highest BCUT2D eigenvalue weighted by Gasteiger charge is 2.08. The number of aromatic amines is 1. The van der Waals surface area contributed by atoms with Crippen LogP contribution in [0.5, 0.6) is 0 Å². The van der Waals surface area contributed by atoms with Crippen molar-refractivity contribution in [3.05, 3.63) is 70.6 Å². The van der Waals surface area contributed by atoms with Gasteiger partial charge in [0.05, 0.1) is 23.1 Å². The lowest BCUT2D eigenvalue weighted by Crippen LogP contribution is -2.14. The maximum absolute atomic E-state index is 12.1. The monoisotopic (exact) mass is 409 g/mol. The molecule has 0 radical (unpaired) electrons. The number of halogens is 1. The van der Waals surface area contributed by atoms with Gasteiger partial charge in [-0.05, 0) is 42.8 Å². The molecule has 2 N–H and O–H groups in total. The van der Waals surface area contributed by atoms with E-state index in [4.69, 9.17) is 0 Å². The zero-order valence-electron chi connectivity index (χ0n) is 14.0. The van der Waals surface area contributed by atoms with E-state index in [0.717, 1.165) is 32.5 Å². The molecule has 0 aliphatic heterocycles. The summed E-state index contributed by atoms with van der Waals surface area (Å²) in [6.45, 7) is 1.86. The Kier molecular flexibility index (Phi) is 4.30. The van der Waals surface area contributed by atoms with E-state index in [1.54, 1.807) is 12.4 Å². The molecule has 0 fully saturated rings. The molecule has 130 valence electrons. The van der Waals surface area contributed by atoms with E-state index in [9.17, 15) is 4.79 Å². The van der Waals surface area contributed by atoms with Crippen LogP contribution >= 0.6 is 15.9 Å². The number of fused-ring (bicyclic) bond motifs is 1. The summed E-state index contributed by atoms with van der Waals surface area (Å²) in [5.41, 5.74) is 4.74. The molecule has 0 saturated carbocycles. The third-order valence-corrected chi connectivity index (χ3v) is 4.56. The number of anilines is 1. The Morgan fingerprint density at radius 3 is 2.73 bits per heavy atom. The smallest absolute Gasteiger partial charge is 0.229 e. The Balaban J connectivity index is 1.50. The summed E-state index contributed by atoms with van der Waals surface area (Å²) < 4.78 is 3.03. The van der Waals surface area contributed by atoms with E-state index >= 15 is 0 Å². The first-order valence-electron chi connectivity index (χ1n) is 8.12. The predicted molar refractivity (Wildman–Crippen MR) is 104 cm³/mol. The molecule has 0 unspecified atom stereocenters. The van der Waals surface area contributed by atoms with Crippen molar-refractivity contribution < 1.29 is 4.79 Å². The molecule has 26 heavy (non-hydrogen) atoms. The predicted octanol–water partition coefficient (Wildman–Crippen LogP) is 4.00. The van der Waals surface area contributed by atoms with Gasteiger partial charge in [0.25, 0.3) is 0 Å². The summed E-state index contributed by atoms with van der Waals surface area (Å²) in [5.74, 6) is 0.527. The Bertz CT molecular complexity index is 1080. The number of amides is 1. The lowest BCUT2D eigenvalue weighted by Gasteiger charge is -2.07. The van der Waals surface area contributed by atoms with Gasteiger partial charge in [0, 0.05) is 16.2 Å². The molecule has 0 spiro atoms. The fourth-order valence-electron chi connectivity index (χ4n) is 2.83. The molecule has 0 bridgehead atoms. The maximum Gasteiger partial charge on any atom is 0.229 e. The number of hydrogen-bond donors (Lipinski definition) is 2. The van der Waals surface area contributed by atoms with Gasteiger partial charge in [-0.15, -0.1) is 0 Å². The second-order valence-electron chi connectivity index (χ2n) is 6.06. The average molecular weight is 410 g/mol. The van der Waals surface area contributed by atoms with E-state index in [-0.39, 0.29) is 5.91 Å². The molecule has 4 rings (SSSR count). The van der Waals surface area contributed by atoms with E-state index in [1.165, 1.54) is 0 Å². The van der Waals surface area contributed by atoms with Crippen LogP contribution in [-0.2, 0) is 11.2 Å². The Morgan fingerprint density at radius 2 is 2.00 bits per heavy atom. The van der Waals surface area contributed by atoms with Crippen LogP contribution < -0.4 is 5.32 Å². The van der Waals surface area contributed by atoms with Crippen LogP contribution in [0.15, 0.2) is 59.3 Å². The second kappa shape index (κ2) is 6.76. The number of nitrogens with zero attached hydrogens (tertiary/aromatic N) is 3. The Hall–Kier alpha value is -2.93. The fraction of sp³-hybridized carbons (Fsp3) is 0.105. The standard InChI is InChI=1S/C19H16BrN5O/c1-12-8-18(24-23-12)22-19(26)9-13-2-5-15(6-3-13)25-11-21-16-10-14(20)4-7-17(16)25/h2-8,10-11H,9H2,1H3,(H2,22,23,24,26). The van der Waals surface area contributed by atoms with E-state index in [1.807, 2.05) is 54.0 Å². The zero-order valence-corrected chi connectivity index (χ0v) is 15.6. The van der Waals surface area contributed by atoms with Crippen LogP contribution in [0.1, 0.15) is 11.3 Å². The van der Waals surface area contributed by atoms with E-state index < -0.39 is 0 Å². The van der Waals surface area contributed by atoms with Crippen molar-refractivity contribution in [3.63, 3.8) is 0 Å². The van der Waals surface area contributed by atoms with Crippen LogP contribution in [0, 0.1) is 6.92 Å². The lowest BCUT2D eigenvalue weighted by molar-refractivity contribution is -0.115. The van der Waals surface area contributed by atoms with Gasteiger partial charge in [0.2, 0.25) is 5.91 Å². The van der Waals surface area contributed by atoms with Crippen molar-refractivity contribution in [3.8, 4) is 5.69 Å². The lowest BCUT2D eigenvalue weighted by atomic mass is 10.1. The quantitative estimate of drug-likeness (QED) is 0.534. The minimum absolute atomic E-state index is 0.0840. The van der Waals surface area contributed by atoms with Gasteiger partial charge in [-0.3, -0.25) is 14.5 Å². The molecule has 0 aliphatic rings. The summed E-state index contributed by atoms with van der Waals surface area (Å²) in [4.78, 5) is 16.6. The summed E-state index contributed by atoms with van der Waals surface area (Å²) in [6.07, 6.45) is 2.11. The largest absolute Gasteiger partial charge is 0.311 e. The summed E-state index contributed by atoms with van der Waals surface area (Å²) in [5, 5.41) is 9.58. The zero-order chi connectivity index (χ0) is 18.1. The molecule has 7 heteroatoms. The highest BCUT2D eigenvalue weighted by Crippen LogP contribution is 2.22. The molecular formula is C19H16BrN5O. The van der Waals surface area contributed by atoms with Gasteiger partial charge in [0.1, 0.15) is 12.1 Å². The Morgan fingerprint density at radius 1 is 1.19 bits per heavy atom. The molecule has 6 nitrogen and oxygen atoms in total. The molecule has 0 aliphatic carbocycles. The van der Waals surface area contributed by atoms with Crippen molar-refractivity contribution in [1.82, 2.24) is 19.7 Å². The first kappa shape index (κ1) is 16.5. The number of H-pyrrole nitrogens is 1. The van der Waals surface area contributed by atoms with Gasteiger partial charge in [-0.25, -0.2) is 4.98 Å². The van der Waals surface area contributed by atoms with E-state index in [0.29, 0.717) is 12.2 Å². The number of hydrogen-bond acceptors (Lipinski definition) is 3. The molecule has 0 atom stereocenters. The number of aromatic nitrogens is 4. The number of imidazole rings is 1. The number of carbonyl (C=O) groups is 1. The minimum atomic E-state index is -0.0840. The number of aryl methyl sites for hydroxylation is 1. The minimum Gasteiger partial charge on any atom is -0.311 e. The fourth-order valence-corrected chi connectivity index (χ4v) is 3.18. The average Bonchev–Trinajstić information content (AvgIpc) is 3.21. The maximum atomic E-state index is 12.1.